The lowest BCUT2D eigenvalue weighted by molar-refractivity contribution is 0.107. The van der Waals surface area contributed by atoms with Gasteiger partial charge in [0.15, 0.2) is 0 Å². The number of hydrogen-bond acceptors (Lipinski definition) is 2. The molecule has 0 unspecified atom stereocenters. The van der Waals surface area contributed by atoms with E-state index < -0.39 is 0 Å². The molecule has 0 spiro atoms. The van der Waals surface area contributed by atoms with Crippen molar-refractivity contribution < 1.29 is 9.84 Å². The smallest absolute Gasteiger partial charge is 0.115 e. The first-order valence-corrected chi connectivity index (χ1v) is 5.72. The van der Waals surface area contributed by atoms with Gasteiger partial charge in [-0.25, -0.2) is 0 Å². The molecule has 0 aliphatic carbocycles. The Labute approximate surface area is 105 Å². The average Bonchev–Trinajstić information content (AvgIpc) is 2.32. The summed E-state index contributed by atoms with van der Waals surface area (Å²) in [5.74, 6) is 0.254. The molecular weight excluding hydrogens is 236 g/mol. The molecule has 2 nitrogen and oxygen atoms in total. The van der Waals surface area contributed by atoms with E-state index in [1.807, 2.05) is 30.3 Å². The summed E-state index contributed by atoms with van der Waals surface area (Å²) >= 11 is 6.01. The second-order valence-electron chi connectivity index (χ2n) is 3.75. The minimum absolute atomic E-state index is 0.254. The van der Waals surface area contributed by atoms with Crippen LogP contribution in [-0.2, 0) is 18.0 Å². The first-order chi connectivity index (χ1) is 8.25. The van der Waals surface area contributed by atoms with E-state index in [0.717, 1.165) is 11.1 Å². The van der Waals surface area contributed by atoms with Crippen molar-refractivity contribution in [1.82, 2.24) is 0 Å². The van der Waals surface area contributed by atoms with Gasteiger partial charge in [0.05, 0.1) is 13.2 Å². The van der Waals surface area contributed by atoms with Gasteiger partial charge in [0.2, 0.25) is 0 Å². The van der Waals surface area contributed by atoms with Gasteiger partial charge in [-0.3, -0.25) is 0 Å². The van der Waals surface area contributed by atoms with Crippen LogP contribution in [-0.4, -0.2) is 5.11 Å². The first kappa shape index (κ1) is 12.0. The Kier molecular flexibility index (Phi) is 4.02. The molecule has 0 saturated carbocycles. The van der Waals surface area contributed by atoms with Gasteiger partial charge >= 0.3 is 0 Å². The van der Waals surface area contributed by atoms with E-state index in [1.54, 1.807) is 18.2 Å². The summed E-state index contributed by atoms with van der Waals surface area (Å²) in [5.41, 5.74) is 1.91. The fourth-order valence-corrected chi connectivity index (χ4v) is 1.73. The molecule has 2 aromatic carbocycles. The summed E-state index contributed by atoms with van der Waals surface area (Å²) in [6.45, 7) is 0.926. The molecule has 0 radical (unpaired) electrons. The zero-order valence-electron chi connectivity index (χ0n) is 9.27. The largest absolute Gasteiger partial charge is 0.508 e. The topological polar surface area (TPSA) is 29.5 Å². The summed E-state index contributed by atoms with van der Waals surface area (Å²) in [4.78, 5) is 0. The second-order valence-corrected chi connectivity index (χ2v) is 4.16. The zero-order valence-corrected chi connectivity index (χ0v) is 10.0. The van der Waals surface area contributed by atoms with E-state index in [2.05, 4.69) is 0 Å². The Morgan fingerprint density at radius 1 is 1.00 bits per heavy atom. The minimum atomic E-state index is 0.254. The molecular formula is C14H13ClO2. The number of rotatable bonds is 4. The minimum Gasteiger partial charge on any atom is -0.508 e. The van der Waals surface area contributed by atoms with Crippen molar-refractivity contribution >= 4 is 11.6 Å². The van der Waals surface area contributed by atoms with E-state index in [-0.39, 0.29) is 5.75 Å². The quantitative estimate of drug-likeness (QED) is 0.893. The molecule has 0 saturated heterocycles. The molecule has 0 fully saturated rings. The van der Waals surface area contributed by atoms with Crippen molar-refractivity contribution in [2.45, 2.75) is 13.2 Å². The van der Waals surface area contributed by atoms with Gasteiger partial charge in [0.25, 0.3) is 0 Å². The molecule has 88 valence electrons. The van der Waals surface area contributed by atoms with Crippen LogP contribution < -0.4 is 0 Å². The van der Waals surface area contributed by atoms with E-state index in [9.17, 15) is 5.11 Å². The predicted molar refractivity (Wildman–Crippen MR) is 68.1 cm³/mol. The number of phenols is 1. The summed E-state index contributed by atoms with van der Waals surface area (Å²) in [7, 11) is 0. The summed E-state index contributed by atoms with van der Waals surface area (Å²) in [6, 6.07) is 14.6. The molecule has 17 heavy (non-hydrogen) atoms. The van der Waals surface area contributed by atoms with E-state index in [1.165, 1.54) is 0 Å². The lowest BCUT2D eigenvalue weighted by atomic mass is 10.2. The standard InChI is InChI=1S/C14H13ClO2/c15-14-7-2-1-5-12(14)10-17-9-11-4-3-6-13(16)8-11/h1-8,16H,9-10H2. The van der Waals surface area contributed by atoms with Crippen LogP contribution in [0.2, 0.25) is 5.02 Å². The highest BCUT2D eigenvalue weighted by molar-refractivity contribution is 6.31. The summed E-state index contributed by atoms with van der Waals surface area (Å²) < 4.78 is 5.55. The van der Waals surface area contributed by atoms with Crippen LogP contribution >= 0.6 is 11.6 Å². The molecule has 1 N–H and O–H groups in total. The van der Waals surface area contributed by atoms with Gasteiger partial charge in [-0.2, -0.15) is 0 Å². The Hall–Kier alpha value is -1.51. The van der Waals surface area contributed by atoms with Crippen molar-refractivity contribution in [3.63, 3.8) is 0 Å². The van der Waals surface area contributed by atoms with Gasteiger partial charge in [-0.1, -0.05) is 41.9 Å². The lowest BCUT2D eigenvalue weighted by Crippen LogP contribution is -1.94. The molecule has 0 atom stereocenters. The van der Waals surface area contributed by atoms with Crippen molar-refractivity contribution in [2.24, 2.45) is 0 Å². The van der Waals surface area contributed by atoms with Gasteiger partial charge < -0.3 is 9.84 Å². The predicted octanol–water partition coefficient (Wildman–Crippen LogP) is 3.76. The zero-order chi connectivity index (χ0) is 12.1. The Bertz CT molecular complexity index is 497. The van der Waals surface area contributed by atoms with Crippen molar-refractivity contribution in [1.29, 1.82) is 0 Å². The van der Waals surface area contributed by atoms with Crippen LogP contribution in [0.4, 0.5) is 0 Å². The van der Waals surface area contributed by atoms with Crippen LogP contribution in [0.15, 0.2) is 48.5 Å². The third-order valence-electron chi connectivity index (χ3n) is 2.39. The van der Waals surface area contributed by atoms with Gasteiger partial charge in [0.1, 0.15) is 5.75 Å². The summed E-state index contributed by atoms with van der Waals surface area (Å²) in [6.07, 6.45) is 0. The molecule has 2 aromatic rings. The second kappa shape index (κ2) is 5.71. The van der Waals surface area contributed by atoms with Crippen molar-refractivity contribution in [3.05, 3.63) is 64.7 Å². The van der Waals surface area contributed by atoms with Crippen LogP contribution in [0, 0.1) is 0 Å². The first-order valence-electron chi connectivity index (χ1n) is 5.35. The number of benzene rings is 2. The highest BCUT2D eigenvalue weighted by atomic mass is 35.5. The van der Waals surface area contributed by atoms with Crippen LogP contribution in [0.25, 0.3) is 0 Å². The highest BCUT2D eigenvalue weighted by Gasteiger charge is 1.99. The molecule has 3 heteroatoms. The highest BCUT2D eigenvalue weighted by Crippen LogP contribution is 2.17. The van der Waals surface area contributed by atoms with E-state index in [4.69, 9.17) is 16.3 Å². The van der Waals surface area contributed by atoms with E-state index in [0.29, 0.717) is 18.2 Å². The van der Waals surface area contributed by atoms with Gasteiger partial charge in [-0.15, -0.1) is 0 Å². The molecule has 2 rings (SSSR count). The maximum absolute atomic E-state index is 9.30. The number of ether oxygens (including phenoxy) is 1. The molecule has 0 amide bonds. The monoisotopic (exact) mass is 248 g/mol. The van der Waals surface area contributed by atoms with Crippen LogP contribution in [0.5, 0.6) is 5.75 Å². The molecule has 0 bridgehead atoms. The molecule has 0 heterocycles. The van der Waals surface area contributed by atoms with Gasteiger partial charge in [-0.05, 0) is 29.3 Å². The number of halogens is 1. The lowest BCUT2D eigenvalue weighted by Gasteiger charge is -2.06. The molecule has 0 aliphatic heterocycles. The Morgan fingerprint density at radius 3 is 2.59 bits per heavy atom. The van der Waals surface area contributed by atoms with E-state index >= 15 is 0 Å². The Morgan fingerprint density at radius 2 is 1.82 bits per heavy atom. The number of aromatic hydroxyl groups is 1. The fourth-order valence-electron chi connectivity index (χ4n) is 1.54. The van der Waals surface area contributed by atoms with Crippen LogP contribution in [0.1, 0.15) is 11.1 Å². The summed E-state index contributed by atoms with van der Waals surface area (Å²) in [5, 5.41) is 10.0. The van der Waals surface area contributed by atoms with Crippen LogP contribution in [0.3, 0.4) is 0 Å². The fraction of sp³-hybridized carbons (Fsp3) is 0.143. The Balaban J connectivity index is 1.90. The molecule has 0 aromatic heterocycles. The molecule has 0 aliphatic rings. The van der Waals surface area contributed by atoms with Crippen molar-refractivity contribution in [3.8, 4) is 5.75 Å². The van der Waals surface area contributed by atoms with Gasteiger partial charge in [0, 0.05) is 5.02 Å². The average molecular weight is 249 g/mol. The maximum atomic E-state index is 9.30. The maximum Gasteiger partial charge on any atom is 0.115 e. The normalized spacial score (nSPS) is 10.4. The number of hydrogen-bond donors (Lipinski definition) is 1. The third kappa shape index (κ3) is 3.48. The number of phenolic OH excluding ortho intramolecular Hbond substituents is 1. The third-order valence-corrected chi connectivity index (χ3v) is 2.76. The van der Waals surface area contributed by atoms with Crippen molar-refractivity contribution in [2.75, 3.05) is 0 Å². The SMILES string of the molecule is Oc1cccc(COCc2ccccc2Cl)c1.